The number of aryl methyl sites for hydroxylation is 1. The van der Waals surface area contributed by atoms with Crippen LogP contribution < -0.4 is 5.32 Å². The number of hydrogen-bond acceptors (Lipinski definition) is 4. The third kappa shape index (κ3) is 3.83. The molecule has 2 aliphatic rings. The Morgan fingerprint density at radius 1 is 1.48 bits per heavy atom. The van der Waals surface area contributed by atoms with Crippen LogP contribution in [0.2, 0.25) is 0 Å². The van der Waals surface area contributed by atoms with Gasteiger partial charge >= 0.3 is 0 Å². The van der Waals surface area contributed by atoms with Crippen LogP contribution in [0, 0.1) is 5.92 Å². The molecule has 2 heterocycles. The van der Waals surface area contributed by atoms with Gasteiger partial charge in [-0.15, -0.1) is 0 Å². The largest absolute Gasteiger partial charge is 0.379 e. The number of H-pyrrole nitrogens is 1. The van der Waals surface area contributed by atoms with Gasteiger partial charge in [-0.3, -0.25) is 9.69 Å². The molecule has 0 radical (unpaired) electrons. The molecule has 0 spiro atoms. The van der Waals surface area contributed by atoms with Crippen molar-refractivity contribution in [3.05, 3.63) is 17.7 Å². The smallest absolute Gasteiger partial charge is 0.223 e. The highest BCUT2D eigenvalue weighted by molar-refractivity contribution is 5.79. The number of carbonyl (C=O) groups is 1. The lowest BCUT2D eigenvalue weighted by molar-refractivity contribution is -0.125. The number of morpholine rings is 1. The Bertz CT molecular complexity index is 468. The molecule has 116 valence electrons. The number of amides is 1. The van der Waals surface area contributed by atoms with E-state index in [1.54, 1.807) is 6.33 Å². The van der Waals surface area contributed by atoms with Crippen molar-refractivity contribution in [2.45, 2.75) is 25.7 Å². The van der Waals surface area contributed by atoms with Crippen molar-refractivity contribution >= 4 is 5.91 Å². The lowest BCUT2D eigenvalue weighted by Gasteiger charge is -2.26. The van der Waals surface area contributed by atoms with E-state index in [0.29, 0.717) is 0 Å². The quantitative estimate of drug-likeness (QED) is 0.769. The van der Waals surface area contributed by atoms with Gasteiger partial charge in [0.05, 0.1) is 25.2 Å². The summed E-state index contributed by atoms with van der Waals surface area (Å²) in [6.45, 7) is 5.50. The van der Waals surface area contributed by atoms with Gasteiger partial charge in [-0.25, -0.2) is 4.98 Å². The summed E-state index contributed by atoms with van der Waals surface area (Å²) in [7, 11) is 0. The summed E-state index contributed by atoms with van der Waals surface area (Å²) in [6, 6.07) is 0. The molecule has 3 rings (SSSR count). The number of ether oxygens (including phenoxy) is 1. The highest BCUT2D eigenvalue weighted by atomic mass is 16.5. The summed E-state index contributed by atoms with van der Waals surface area (Å²) in [5, 5.41) is 3.08. The Morgan fingerprint density at radius 3 is 3.19 bits per heavy atom. The van der Waals surface area contributed by atoms with Crippen molar-refractivity contribution in [2.24, 2.45) is 5.92 Å². The van der Waals surface area contributed by atoms with Crippen LogP contribution in [0.3, 0.4) is 0 Å². The van der Waals surface area contributed by atoms with Crippen LogP contribution in [-0.2, 0) is 22.4 Å². The molecule has 1 unspecified atom stereocenters. The summed E-state index contributed by atoms with van der Waals surface area (Å²) in [6.07, 6.45) is 5.35. The fraction of sp³-hybridized carbons (Fsp3) is 0.733. The van der Waals surface area contributed by atoms with Gasteiger partial charge in [0.1, 0.15) is 0 Å². The molecule has 2 N–H and O–H groups in total. The lowest BCUT2D eigenvalue weighted by atomic mass is 9.89. The predicted octanol–water partition coefficient (Wildman–Crippen LogP) is 0.353. The number of aromatic nitrogens is 2. The van der Waals surface area contributed by atoms with Gasteiger partial charge in [0.2, 0.25) is 5.91 Å². The number of aromatic amines is 1. The number of imidazole rings is 1. The Morgan fingerprint density at radius 2 is 2.33 bits per heavy atom. The van der Waals surface area contributed by atoms with E-state index in [1.165, 1.54) is 0 Å². The molecule has 1 amide bonds. The molecule has 1 atom stereocenters. The van der Waals surface area contributed by atoms with Gasteiger partial charge in [-0.2, -0.15) is 0 Å². The normalized spacial score (nSPS) is 22.8. The zero-order chi connectivity index (χ0) is 14.5. The Kier molecular flexibility index (Phi) is 4.87. The van der Waals surface area contributed by atoms with Crippen LogP contribution in [0.1, 0.15) is 24.2 Å². The first kappa shape index (κ1) is 14.5. The molecule has 21 heavy (non-hydrogen) atoms. The molecule has 6 nitrogen and oxygen atoms in total. The van der Waals surface area contributed by atoms with E-state index in [-0.39, 0.29) is 11.8 Å². The average Bonchev–Trinajstić information content (AvgIpc) is 3.00. The van der Waals surface area contributed by atoms with Crippen LogP contribution in [0.4, 0.5) is 0 Å². The topological polar surface area (TPSA) is 70.2 Å². The Hall–Kier alpha value is -1.40. The summed E-state index contributed by atoms with van der Waals surface area (Å²) in [5.41, 5.74) is 2.26. The molecule has 1 aliphatic heterocycles. The van der Waals surface area contributed by atoms with Crippen LogP contribution in [0.15, 0.2) is 6.33 Å². The van der Waals surface area contributed by atoms with Crippen LogP contribution in [-0.4, -0.2) is 60.2 Å². The minimum Gasteiger partial charge on any atom is -0.379 e. The molecule has 1 aliphatic carbocycles. The highest BCUT2D eigenvalue weighted by Gasteiger charge is 2.25. The average molecular weight is 292 g/mol. The van der Waals surface area contributed by atoms with Crippen molar-refractivity contribution in [2.75, 3.05) is 39.4 Å². The fourth-order valence-electron chi connectivity index (χ4n) is 3.11. The van der Waals surface area contributed by atoms with Gasteiger partial charge in [0.15, 0.2) is 0 Å². The molecular weight excluding hydrogens is 268 g/mol. The van der Waals surface area contributed by atoms with Crippen LogP contribution in [0.5, 0.6) is 0 Å². The Balaban J connectivity index is 1.35. The minimum absolute atomic E-state index is 0.0985. The number of hydrogen-bond donors (Lipinski definition) is 2. The third-order valence-corrected chi connectivity index (χ3v) is 4.41. The fourth-order valence-corrected chi connectivity index (χ4v) is 3.11. The molecule has 0 bridgehead atoms. The summed E-state index contributed by atoms with van der Waals surface area (Å²) in [5.74, 6) is 0.290. The second kappa shape index (κ2) is 7.04. The first-order valence-corrected chi connectivity index (χ1v) is 7.92. The number of nitrogens with zero attached hydrogens (tertiary/aromatic N) is 2. The number of carbonyl (C=O) groups excluding carboxylic acids is 1. The van der Waals surface area contributed by atoms with Gasteiger partial charge < -0.3 is 15.0 Å². The molecule has 1 aromatic heterocycles. The molecule has 0 saturated carbocycles. The minimum atomic E-state index is 0.0985. The van der Waals surface area contributed by atoms with Gasteiger partial charge in [-0.1, -0.05) is 0 Å². The maximum Gasteiger partial charge on any atom is 0.223 e. The van der Waals surface area contributed by atoms with E-state index < -0.39 is 0 Å². The third-order valence-electron chi connectivity index (χ3n) is 4.41. The number of fused-ring (bicyclic) bond motifs is 1. The Labute approximate surface area is 125 Å². The van der Waals surface area contributed by atoms with E-state index >= 15 is 0 Å². The van der Waals surface area contributed by atoms with E-state index in [0.717, 1.165) is 76.5 Å². The first-order chi connectivity index (χ1) is 10.3. The van der Waals surface area contributed by atoms with Crippen molar-refractivity contribution < 1.29 is 9.53 Å². The zero-order valence-electron chi connectivity index (χ0n) is 12.4. The van der Waals surface area contributed by atoms with Crippen molar-refractivity contribution in [3.63, 3.8) is 0 Å². The monoisotopic (exact) mass is 292 g/mol. The van der Waals surface area contributed by atoms with Crippen molar-refractivity contribution in [1.82, 2.24) is 20.2 Å². The molecule has 6 heteroatoms. The van der Waals surface area contributed by atoms with E-state index in [9.17, 15) is 4.79 Å². The predicted molar refractivity (Wildman–Crippen MR) is 79.0 cm³/mol. The van der Waals surface area contributed by atoms with Crippen molar-refractivity contribution in [3.8, 4) is 0 Å². The lowest BCUT2D eigenvalue weighted by Crippen LogP contribution is -2.39. The first-order valence-electron chi connectivity index (χ1n) is 7.92. The standard InChI is InChI=1S/C15H24N4O2/c20-15(12-2-3-13-14(10-12)18-11-17-13)16-4-1-5-19-6-8-21-9-7-19/h11-12H,1-10H2,(H,16,20)(H,17,18). The van der Waals surface area contributed by atoms with Crippen LogP contribution >= 0.6 is 0 Å². The van der Waals surface area contributed by atoms with Crippen molar-refractivity contribution in [1.29, 1.82) is 0 Å². The second-order valence-electron chi connectivity index (χ2n) is 5.87. The zero-order valence-corrected chi connectivity index (χ0v) is 12.4. The van der Waals surface area contributed by atoms with E-state index in [2.05, 4.69) is 20.2 Å². The van der Waals surface area contributed by atoms with Gasteiger partial charge in [0.25, 0.3) is 0 Å². The molecule has 1 fully saturated rings. The SMILES string of the molecule is O=C(NCCCN1CCOCC1)C1CCc2nc[nH]c2C1. The second-order valence-corrected chi connectivity index (χ2v) is 5.87. The highest BCUT2D eigenvalue weighted by Crippen LogP contribution is 2.22. The van der Waals surface area contributed by atoms with Crippen LogP contribution in [0.25, 0.3) is 0 Å². The summed E-state index contributed by atoms with van der Waals surface area (Å²) < 4.78 is 5.33. The van der Waals surface area contributed by atoms with E-state index in [1.807, 2.05) is 0 Å². The molecule has 1 saturated heterocycles. The van der Waals surface area contributed by atoms with Gasteiger partial charge in [-0.05, 0) is 25.8 Å². The number of rotatable bonds is 5. The summed E-state index contributed by atoms with van der Waals surface area (Å²) >= 11 is 0. The maximum absolute atomic E-state index is 12.2. The molecular formula is C15H24N4O2. The molecule has 0 aromatic carbocycles. The molecule has 1 aromatic rings. The van der Waals surface area contributed by atoms with Gasteiger partial charge in [0, 0.05) is 37.7 Å². The number of nitrogens with one attached hydrogen (secondary N) is 2. The maximum atomic E-state index is 12.2. The summed E-state index contributed by atoms with van der Waals surface area (Å²) in [4.78, 5) is 22.0. The van der Waals surface area contributed by atoms with E-state index in [4.69, 9.17) is 4.74 Å².